The summed E-state index contributed by atoms with van der Waals surface area (Å²) in [6.07, 6.45) is 3.88. The first-order valence-corrected chi connectivity index (χ1v) is 14.7. The maximum atomic E-state index is 13.7. The fourth-order valence-corrected chi connectivity index (χ4v) is 5.18. The fourth-order valence-electron chi connectivity index (χ4n) is 5.18. The molecule has 244 valence electrons. The number of ketones is 2. The number of fused-ring (bicyclic) bond motifs is 2. The Morgan fingerprint density at radius 2 is 1.84 bits per heavy atom. The number of Topliss-reactive ketones (excluding diaryl/α,β-unsaturated/α-hetero) is 1. The van der Waals surface area contributed by atoms with Crippen LogP contribution in [0.25, 0.3) is 0 Å². The van der Waals surface area contributed by atoms with E-state index >= 15 is 0 Å². The number of aliphatic hydroxyl groups is 1. The van der Waals surface area contributed by atoms with Gasteiger partial charge < -0.3 is 40.6 Å². The van der Waals surface area contributed by atoms with Crippen LogP contribution in [0.4, 0.5) is 4.79 Å². The second kappa shape index (κ2) is 17.0. The fraction of sp³-hybridized carbons (Fsp3) is 0.562. The molecule has 2 bridgehead atoms. The summed E-state index contributed by atoms with van der Waals surface area (Å²) in [5.41, 5.74) is 6.55. The van der Waals surface area contributed by atoms with Gasteiger partial charge in [0.1, 0.15) is 6.10 Å². The third-order valence-electron chi connectivity index (χ3n) is 7.65. The molecule has 0 spiro atoms. The SMILES string of the molecule is COC1/C=C/C=C(\C)C(=O)NC2=CC(=O)C(NCCN(C)C)=C(C[C@@H](C)C[C@@H](OC)[C@H](O)[C@@H](C)/C=C(\C)C1OC(N)=O)C2=O. The average Bonchev–Trinajstić information content (AvgIpc) is 2.95. The Bertz CT molecular complexity index is 1230. The molecular formula is C32H48N4O8. The average molecular weight is 617 g/mol. The van der Waals surface area contributed by atoms with Gasteiger partial charge >= 0.3 is 6.09 Å². The Balaban J connectivity index is 2.60. The molecule has 5 N–H and O–H groups in total. The molecule has 2 aliphatic rings. The van der Waals surface area contributed by atoms with Gasteiger partial charge in [-0.05, 0) is 52.3 Å². The highest BCUT2D eigenvalue weighted by molar-refractivity contribution is 6.23. The van der Waals surface area contributed by atoms with Crippen molar-refractivity contribution in [3.05, 3.63) is 58.5 Å². The Hall–Kier alpha value is -3.58. The maximum absolute atomic E-state index is 13.7. The number of carbonyl (C=O) groups is 4. The maximum Gasteiger partial charge on any atom is 0.405 e. The molecule has 0 fully saturated rings. The number of likely N-dealkylation sites (N-methyl/N-ethyl adjacent to an activating group) is 1. The van der Waals surface area contributed by atoms with Crippen LogP contribution >= 0.6 is 0 Å². The molecule has 2 amide bonds. The van der Waals surface area contributed by atoms with Crippen LogP contribution in [0.15, 0.2) is 58.5 Å². The number of hydrogen-bond donors (Lipinski definition) is 4. The van der Waals surface area contributed by atoms with Gasteiger partial charge in [-0.2, -0.15) is 0 Å². The number of primary amides is 1. The summed E-state index contributed by atoms with van der Waals surface area (Å²) in [6.45, 7) is 8.09. The van der Waals surface area contributed by atoms with Crippen molar-refractivity contribution in [1.82, 2.24) is 15.5 Å². The van der Waals surface area contributed by atoms with Crippen molar-refractivity contribution in [2.24, 2.45) is 17.6 Å². The van der Waals surface area contributed by atoms with E-state index in [0.29, 0.717) is 25.1 Å². The lowest BCUT2D eigenvalue weighted by Crippen LogP contribution is -2.38. The van der Waals surface area contributed by atoms with E-state index in [-0.39, 0.29) is 34.9 Å². The van der Waals surface area contributed by atoms with Crippen molar-refractivity contribution in [2.75, 3.05) is 41.4 Å². The molecule has 0 aromatic carbocycles. The van der Waals surface area contributed by atoms with Crippen LogP contribution in [0.5, 0.6) is 0 Å². The number of nitrogens with zero attached hydrogens (tertiary/aromatic N) is 1. The van der Waals surface area contributed by atoms with Gasteiger partial charge in [0.25, 0.3) is 5.91 Å². The lowest BCUT2D eigenvalue weighted by atomic mass is 9.85. The molecule has 0 saturated carbocycles. The van der Waals surface area contributed by atoms with Crippen molar-refractivity contribution in [3.63, 3.8) is 0 Å². The molecule has 1 aliphatic carbocycles. The molecule has 0 saturated heterocycles. The Labute approximate surface area is 260 Å². The van der Waals surface area contributed by atoms with Gasteiger partial charge in [0.15, 0.2) is 6.10 Å². The summed E-state index contributed by atoms with van der Waals surface area (Å²) in [6, 6.07) is 0. The molecule has 2 unspecified atom stereocenters. The van der Waals surface area contributed by atoms with Gasteiger partial charge in [-0.15, -0.1) is 0 Å². The van der Waals surface area contributed by atoms with Gasteiger partial charge in [-0.1, -0.05) is 38.2 Å². The molecule has 1 aliphatic heterocycles. The highest BCUT2D eigenvalue weighted by Gasteiger charge is 2.33. The van der Waals surface area contributed by atoms with Crippen LogP contribution in [0.3, 0.4) is 0 Å². The van der Waals surface area contributed by atoms with Gasteiger partial charge in [-0.3, -0.25) is 14.4 Å². The molecule has 1 heterocycles. The second-order valence-corrected chi connectivity index (χ2v) is 11.7. The number of rotatable bonds is 7. The lowest BCUT2D eigenvalue weighted by molar-refractivity contribution is -0.120. The standard InChI is InChI=1S/C32H48N4O8/c1-18-14-22-27(34-12-13-36(5)6)24(37)17-23(29(22)39)35-31(40)19(2)10-9-11-25(42-7)30(44-32(33)41)21(4)16-20(3)28(38)26(15-18)43-8/h9-11,16-18,20,25-26,28,30,34,38H,12-15H2,1-8H3,(H2,33,41)(H,35,40)/b11-9+,19-10+,21-16+/t18-,20+,25?,26-,28-,30?/m1/s1. The summed E-state index contributed by atoms with van der Waals surface area (Å²) in [7, 11) is 6.74. The molecule has 0 radical (unpaired) electrons. The number of aliphatic hydroxyl groups excluding tert-OH is 1. The number of carbonyl (C=O) groups excluding carboxylic acids is 4. The van der Waals surface area contributed by atoms with E-state index in [1.54, 1.807) is 32.1 Å². The van der Waals surface area contributed by atoms with Crippen LogP contribution in [-0.4, -0.2) is 99.4 Å². The first-order valence-electron chi connectivity index (χ1n) is 14.7. The summed E-state index contributed by atoms with van der Waals surface area (Å²) < 4.78 is 16.6. The van der Waals surface area contributed by atoms with Crippen LogP contribution in [-0.2, 0) is 28.6 Å². The van der Waals surface area contributed by atoms with E-state index in [2.05, 4.69) is 10.6 Å². The summed E-state index contributed by atoms with van der Waals surface area (Å²) in [5.74, 6) is -2.06. The van der Waals surface area contributed by atoms with Gasteiger partial charge in [0.2, 0.25) is 11.6 Å². The van der Waals surface area contributed by atoms with E-state index < -0.39 is 53.9 Å². The summed E-state index contributed by atoms with van der Waals surface area (Å²) >= 11 is 0. The van der Waals surface area contributed by atoms with E-state index in [9.17, 15) is 24.3 Å². The zero-order valence-electron chi connectivity index (χ0n) is 27.0. The first kappa shape index (κ1) is 36.6. The number of ether oxygens (including phenoxy) is 3. The number of nitrogens with two attached hydrogens (primary N) is 1. The largest absolute Gasteiger partial charge is 0.439 e. The smallest absolute Gasteiger partial charge is 0.405 e. The molecule has 2 rings (SSSR count). The van der Waals surface area contributed by atoms with Crippen molar-refractivity contribution in [3.8, 4) is 0 Å². The van der Waals surface area contributed by atoms with E-state index in [1.165, 1.54) is 20.3 Å². The van der Waals surface area contributed by atoms with Crippen LogP contribution in [0.1, 0.15) is 40.5 Å². The Morgan fingerprint density at radius 1 is 1.16 bits per heavy atom. The predicted molar refractivity (Wildman–Crippen MR) is 166 cm³/mol. The van der Waals surface area contributed by atoms with E-state index in [1.807, 2.05) is 32.8 Å². The Morgan fingerprint density at radius 3 is 2.43 bits per heavy atom. The van der Waals surface area contributed by atoms with Gasteiger partial charge in [0, 0.05) is 50.4 Å². The van der Waals surface area contributed by atoms with Crippen molar-refractivity contribution >= 4 is 23.6 Å². The van der Waals surface area contributed by atoms with Crippen LogP contribution in [0.2, 0.25) is 0 Å². The molecular weight excluding hydrogens is 568 g/mol. The minimum absolute atomic E-state index is 0.114. The number of nitrogens with one attached hydrogen (secondary N) is 2. The molecule has 12 nitrogen and oxygen atoms in total. The first-order chi connectivity index (χ1) is 20.7. The quantitative estimate of drug-likeness (QED) is 0.245. The third kappa shape index (κ3) is 10.3. The van der Waals surface area contributed by atoms with E-state index in [0.717, 1.165) is 6.08 Å². The highest BCUT2D eigenvalue weighted by Crippen LogP contribution is 2.28. The van der Waals surface area contributed by atoms with Gasteiger partial charge in [0.05, 0.1) is 23.6 Å². The minimum atomic E-state index is -0.997. The van der Waals surface area contributed by atoms with Crippen LogP contribution in [0, 0.1) is 11.8 Å². The summed E-state index contributed by atoms with van der Waals surface area (Å²) in [4.78, 5) is 53.7. The lowest BCUT2D eigenvalue weighted by Gasteiger charge is -2.30. The number of allylic oxidation sites excluding steroid dienone is 4. The normalized spacial score (nSPS) is 31.0. The molecule has 0 aromatic rings. The highest BCUT2D eigenvalue weighted by atomic mass is 16.6. The molecule has 44 heavy (non-hydrogen) atoms. The number of amides is 2. The zero-order valence-corrected chi connectivity index (χ0v) is 27.0. The zero-order chi connectivity index (χ0) is 33.1. The molecule has 12 heteroatoms. The van der Waals surface area contributed by atoms with Crippen LogP contribution < -0.4 is 16.4 Å². The van der Waals surface area contributed by atoms with Crippen molar-refractivity contribution < 1.29 is 38.5 Å². The Kier molecular flexibility index (Phi) is 14.2. The molecule has 6 atom stereocenters. The summed E-state index contributed by atoms with van der Waals surface area (Å²) in [5, 5.41) is 17.0. The van der Waals surface area contributed by atoms with Crippen molar-refractivity contribution in [1.29, 1.82) is 0 Å². The van der Waals surface area contributed by atoms with Crippen molar-refractivity contribution in [2.45, 2.75) is 65.0 Å². The van der Waals surface area contributed by atoms with Gasteiger partial charge in [-0.25, -0.2) is 4.79 Å². The predicted octanol–water partition coefficient (Wildman–Crippen LogP) is 1.91. The number of hydrogen-bond acceptors (Lipinski definition) is 10. The monoisotopic (exact) mass is 616 g/mol. The second-order valence-electron chi connectivity index (χ2n) is 11.7. The molecule has 0 aromatic heterocycles. The third-order valence-corrected chi connectivity index (χ3v) is 7.65. The number of methoxy groups -OCH3 is 2. The minimum Gasteiger partial charge on any atom is -0.439 e. The van der Waals surface area contributed by atoms with E-state index in [4.69, 9.17) is 19.9 Å². The topological polar surface area (TPSA) is 170 Å².